The molecule has 2 heterocycles. The monoisotopic (exact) mass is 248 g/mol. The Kier molecular flexibility index (Phi) is 3.58. The van der Waals surface area contributed by atoms with E-state index in [0.717, 1.165) is 11.6 Å². The van der Waals surface area contributed by atoms with Crippen molar-refractivity contribution in [3.8, 4) is 0 Å². The van der Waals surface area contributed by atoms with E-state index >= 15 is 0 Å². The molecule has 0 atom stereocenters. The summed E-state index contributed by atoms with van der Waals surface area (Å²) in [5.41, 5.74) is 0. The van der Waals surface area contributed by atoms with Gasteiger partial charge in [-0.25, -0.2) is 9.97 Å². The van der Waals surface area contributed by atoms with E-state index in [4.69, 9.17) is 0 Å². The van der Waals surface area contributed by atoms with Crippen LogP contribution in [0, 0.1) is 0 Å². The Balaban J connectivity index is 2.21. The third-order valence-electron chi connectivity index (χ3n) is 2.27. The van der Waals surface area contributed by atoms with Gasteiger partial charge in [-0.1, -0.05) is 0 Å². The summed E-state index contributed by atoms with van der Waals surface area (Å²) in [7, 11) is 2.01. The summed E-state index contributed by atoms with van der Waals surface area (Å²) in [6.07, 6.45) is 1.59. The first-order valence-electron chi connectivity index (χ1n) is 5.52. The van der Waals surface area contributed by atoms with E-state index in [0.29, 0.717) is 6.04 Å². The molecule has 0 fully saturated rings. The highest BCUT2D eigenvalue weighted by Crippen LogP contribution is 2.26. The van der Waals surface area contributed by atoms with Gasteiger partial charge in [-0.05, 0) is 31.4 Å². The number of hydrogen-bond donors (Lipinski definition) is 1. The van der Waals surface area contributed by atoms with Gasteiger partial charge in [0.1, 0.15) is 18.0 Å². The quantitative estimate of drug-likeness (QED) is 0.902. The molecule has 17 heavy (non-hydrogen) atoms. The van der Waals surface area contributed by atoms with Crippen LogP contribution >= 0.6 is 11.3 Å². The average Bonchev–Trinajstić information content (AvgIpc) is 2.81. The molecular weight excluding hydrogens is 232 g/mol. The largest absolute Gasteiger partial charge is 0.368 e. The van der Waals surface area contributed by atoms with Crippen molar-refractivity contribution in [3.63, 3.8) is 0 Å². The molecule has 90 valence electrons. The van der Waals surface area contributed by atoms with Crippen molar-refractivity contribution >= 4 is 28.0 Å². The maximum Gasteiger partial charge on any atom is 0.138 e. The van der Waals surface area contributed by atoms with E-state index in [-0.39, 0.29) is 0 Å². The van der Waals surface area contributed by atoms with Crippen molar-refractivity contribution in [1.82, 2.24) is 9.97 Å². The molecule has 0 aromatic carbocycles. The zero-order valence-electron chi connectivity index (χ0n) is 10.2. The smallest absolute Gasteiger partial charge is 0.138 e. The molecule has 0 aliphatic carbocycles. The number of rotatable bonds is 4. The summed E-state index contributed by atoms with van der Waals surface area (Å²) in [6, 6.07) is 6.43. The number of anilines is 3. The number of aromatic nitrogens is 2. The molecule has 0 amide bonds. The van der Waals surface area contributed by atoms with Crippen LogP contribution in [0.2, 0.25) is 0 Å². The lowest BCUT2D eigenvalue weighted by Crippen LogP contribution is -2.14. The van der Waals surface area contributed by atoms with Gasteiger partial charge >= 0.3 is 0 Å². The van der Waals surface area contributed by atoms with Crippen molar-refractivity contribution in [2.45, 2.75) is 19.9 Å². The molecule has 0 saturated heterocycles. The van der Waals surface area contributed by atoms with Crippen molar-refractivity contribution in [1.29, 1.82) is 0 Å². The fraction of sp³-hybridized carbons (Fsp3) is 0.333. The molecule has 2 aromatic rings. The Morgan fingerprint density at radius 2 is 2.18 bits per heavy atom. The number of nitrogens with zero attached hydrogens (tertiary/aromatic N) is 3. The lowest BCUT2D eigenvalue weighted by molar-refractivity contribution is 0.885. The molecule has 0 bridgehead atoms. The van der Waals surface area contributed by atoms with Crippen molar-refractivity contribution in [2.24, 2.45) is 0 Å². The van der Waals surface area contributed by atoms with Gasteiger partial charge in [0, 0.05) is 19.2 Å². The summed E-state index contributed by atoms with van der Waals surface area (Å²) >= 11 is 1.69. The molecule has 0 saturated carbocycles. The first-order valence-corrected chi connectivity index (χ1v) is 6.40. The first-order chi connectivity index (χ1) is 8.16. The first kappa shape index (κ1) is 11.9. The highest BCUT2D eigenvalue weighted by atomic mass is 32.1. The SMILES string of the molecule is CC(C)Nc1cc(N(C)c2cccs2)ncn1. The van der Waals surface area contributed by atoms with Crippen LogP contribution in [-0.4, -0.2) is 23.1 Å². The Hall–Kier alpha value is -1.62. The Morgan fingerprint density at radius 3 is 2.82 bits per heavy atom. The average molecular weight is 248 g/mol. The van der Waals surface area contributed by atoms with Gasteiger partial charge in [0.2, 0.25) is 0 Å². The van der Waals surface area contributed by atoms with Gasteiger partial charge in [-0.3, -0.25) is 0 Å². The van der Waals surface area contributed by atoms with Crippen LogP contribution in [0.25, 0.3) is 0 Å². The van der Waals surface area contributed by atoms with Crippen LogP contribution in [0.4, 0.5) is 16.6 Å². The van der Waals surface area contributed by atoms with E-state index in [1.54, 1.807) is 17.7 Å². The van der Waals surface area contributed by atoms with E-state index in [9.17, 15) is 0 Å². The van der Waals surface area contributed by atoms with Crippen LogP contribution in [0.5, 0.6) is 0 Å². The maximum atomic E-state index is 4.28. The molecule has 2 aromatic heterocycles. The van der Waals surface area contributed by atoms with Crippen LogP contribution in [0.1, 0.15) is 13.8 Å². The molecular formula is C12H16N4S. The van der Waals surface area contributed by atoms with Gasteiger partial charge in [-0.2, -0.15) is 0 Å². The minimum absolute atomic E-state index is 0.366. The number of nitrogens with one attached hydrogen (secondary N) is 1. The van der Waals surface area contributed by atoms with Crippen LogP contribution in [0.15, 0.2) is 29.9 Å². The summed E-state index contributed by atoms with van der Waals surface area (Å²) in [5.74, 6) is 1.75. The lowest BCUT2D eigenvalue weighted by atomic mass is 10.4. The standard InChI is InChI=1S/C12H16N4S/c1-9(2)15-10-7-11(14-8-13-10)16(3)12-5-4-6-17-12/h4-9H,1-3H3,(H,13,14,15). The highest BCUT2D eigenvalue weighted by Gasteiger charge is 2.07. The normalized spacial score (nSPS) is 10.6. The van der Waals surface area contributed by atoms with Crippen LogP contribution in [0.3, 0.4) is 0 Å². The lowest BCUT2D eigenvalue weighted by Gasteiger charge is -2.17. The molecule has 4 nitrogen and oxygen atoms in total. The van der Waals surface area contributed by atoms with Gasteiger partial charge in [0.25, 0.3) is 0 Å². The zero-order valence-corrected chi connectivity index (χ0v) is 11.0. The van der Waals surface area contributed by atoms with E-state index in [1.807, 2.05) is 19.2 Å². The van der Waals surface area contributed by atoms with E-state index in [1.165, 1.54) is 5.00 Å². The molecule has 0 aliphatic rings. The van der Waals surface area contributed by atoms with Crippen molar-refractivity contribution in [3.05, 3.63) is 29.9 Å². The summed E-state index contributed by atoms with van der Waals surface area (Å²) in [6.45, 7) is 4.18. The highest BCUT2D eigenvalue weighted by molar-refractivity contribution is 7.14. The van der Waals surface area contributed by atoms with E-state index in [2.05, 4.69) is 45.5 Å². The molecule has 5 heteroatoms. The fourth-order valence-electron chi connectivity index (χ4n) is 1.48. The van der Waals surface area contributed by atoms with Gasteiger partial charge in [0.15, 0.2) is 0 Å². The molecule has 2 rings (SSSR count). The second kappa shape index (κ2) is 5.14. The topological polar surface area (TPSA) is 41.0 Å². The summed E-state index contributed by atoms with van der Waals surface area (Å²) in [5, 5.41) is 6.49. The van der Waals surface area contributed by atoms with E-state index < -0.39 is 0 Å². The Labute approximate surface area is 105 Å². The van der Waals surface area contributed by atoms with Crippen molar-refractivity contribution < 1.29 is 0 Å². The van der Waals surface area contributed by atoms with Gasteiger partial charge < -0.3 is 10.2 Å². The fourth-order valence-corrected chi connectivity index (χ4v) is 2.18. The van der Waals surface area contributed by atoms with Crippen LogP contribution < -0.4 is 10.2 Å². The second-order valence-electron chi connectivity index (χ2n) is 4.07. The predicted octanol–water partition coefficient (Wildman–Crippen LogP) is 3.13. The second-order valence-corrected chi connectivity index (χ2v) is 5.00. The molecule has 0 unspecified atom stereocenters. The maximum absolute atomic E-state index is 4.28. The number of hydrogen-bond acceptors (Lipinski definition) is 5. The summed E-state index contributed by atoms with van der Waals surface area (Å²) in [4.78, 5) is 10.5. The van der Waals surface area contributed by atoms with Crippen LogP contribution in [-0.2, 0) is 0 Å². The van der Waals surface area contributed by atoms with Gasteiger partial charge in [0.05, 0.1) is 5.00 Å². The van der Waals surface area contributed by atoms with Crippen molar-refractivity contribution in [2.75, 3.05) is 17.3 Å². The minimum Gasteiger partial charge on any atom is -0.368 e. The molecule has 0 radical (unpaired) electrons. The number of thiophene rings is 1. The van der Waals surface area contributed by atoms with Gasteiger partial charge in [-0.15, -0.1) is 11.3 Å². The Bertz CT molecular complexity index is 467. The molecule has 1 N–H and O–H groups in total. The Morgan fingerprint density at radius 1 is 1.35 bits per heavy atom. The molecule has 0 aliphatic heterocycles. The minimum atomic E-state index is 0.366. The third kappa shape index (κ3) is 2.94. The summed E-state index contributed by atoms with van der Waals surface area (Å²) < 4.78 is 0. The zero-order chi connectivity index (χ0) is 12.3. The predicted molar refractivity (Wildman–Crippen MR) is 73.2 cm³/mol. The molecule has 0 spiro atoms. The third-order valence-corrected chi connectivity index (χ3v) is 3.21.